The maximum Gasteiger partial charge on any atom is 0.123 e. The highest BCUT2D eigenvalue weighted by atomic mass is 19.1. The van der Waals surface area contributed by atoms with E-state index in [2.05, 4.69) is 5.32 Å². The molecule has 1 aromatic rings. The molecule has 2 aliphatic rings. The number of halogens is 1. The Morgan fingerprint density at radius 3 is 2.62 bits per heavy atom. The lowest BCUT2D eigenvalue weighted by Crippen LogP contribution is -2.27. The Bertz CT molecular complexity index is 453. The summed E-state index contributed by atoms with van der Waals surface area (Å²) in [7, 11) is 1.98. The predicted octanol–water partition coefficient (Wildman–Crippen LogP) is 4.01. The smallest absolute Gasteiger partial charge is 0.123 e. The lowest BCUT2D eigenvalue weighted by atomic mass is 9.91. The van der Waals surface area contributed by atoms with Gasteiger partial charge in [0.05, 0.1) is 11.7 Å². The normalized spacial score (nSPS) is 25.5. The third-order valence-electron chi connectivity index (χ3n) is 5.19. The summed E-state index contributed by atoms with van der Waals surface area (Å²) in [5.74, 6) is 0.237. The molecule has 1 saturated heterocycles. The van der Waals surface area contributed by atoms with Gasteiger partial charge in [0.25, 0.3) is 0 Å². The first-order valence-corrected chi connectivity index (χ1v) is 8.29. The number of likely N-dealkylation sites (N-methyl/N-ethyl adjacent to an activating group) is 1. The molecule has 3 heteroatoms. The van der Waals surface area contributed by atoms with Gasteiger partial charge in [0, 0.05) is 6.54 Å². The summed E-state index contributed by atoms with van der Waals surface area (Å²) in [6.45, 7) is 0.915. The molecule has 0 bridgehead atoms. The molecule has 1 N–H and O–H groups in total. The van der Waals surface area contributed by atoms with E-state index in [4.69, 9.17) is 4.74 Å². The highest BCUT2D eigenvalue weighted by Gasteiger charge is 2.42. The van der Waals surface area contributed by atoms with Crippen molar-refractivity contribution in [3.63, 3.8) is 0 Å². The minimum atomic E-state index is -0.163. The molecular formula is C18H26FNO. The van der Waals surface area contributed by atoms with Crippen LogP contribution >= 0.6 is 0 Å². The lowest BCUT2D eigenvalue weighted by Gasteiger charge is -2.26. The molecule has 1 aliphatic heterocycles. The van der Waals surface area contributed by atoms with Gasteiger partial charge >= 0.3 is 0 Å². The number of hydrogen-bond donors (Lipinski definition) is 1. The van der Waals surface area contributed by atoms with Crippen LogP contribution in [0.4, 0.5) is 4.39 Å². The van der Waals surface area contributed by atoms with E-state index in [-0.39, 0.29) is 11.4 Å². The van der Waals surface area contributed by atoms with Gasteiger partial charge in [0.2, 0.25) is 0 Å². The van der Waals surface area contributed by atoms with Crippen LogP contribution in [0.2, 0.25) is 0 Å². The van der Waals surface area contributed by atoms with Gasteiger partial charge in [-0.25, -0.2) is 4.39 Å². The highest BCUT2D eigenvalue weighted by Crippen LogP contribution is 2.45. The van der Waals surface area contributed by atoms with Gasteiger partial charge < -0.3 is 10.1 Å². The third kappa shape index (κ3) is 3.46. The zero-order valence-corrected chi connectivity index (χ0v) is 12.9. The Morgan fingerprint density at radius 1 is 1.24 bits per heavy atom. The molecule has 1 spiro atoms. The summed E-state index contributed by atoms with van der Waals surface area (Å²) in [6.07, 6.45) is 8.96. The van der Waals surface area contributed by atoms with Crippen molar-refractivity contribution >= 4 is 0 Å². The van der Waals surface area contributed by atoms with E-state index in [1.54, 1.807) is 12.1 Å². The van der Waals surface area contributed by atoms with E-state index in [1.807, 2.05) is 19.2 Å². The largest absolute Gasteiger partial charge is 0.372 e. The van der Waals surface area contributed by atoms with Gasteiger partial charge in [0.1, 0.15) is 5.82 Å². The second-order valence-corrected chi connectivity index (χ2v) is 6.71. The SMILES string of the molecule is CNCC(CC1CCC2(CCCC2)O1)c1ccc(F)cc1. The Hall–Kier alpha value is -0.930. The van der Waals surface area contributed by atoms with E-state index in [9.17, 15) is 4.39 Å². The fourth-order valence-electron chi connectivity index (χ4n) is 4.08. The molecule has 1 aliphatic carbocycles. The first-order chi connectivity index (χ1) is 10.2. The van der Waals surface area contributed by atoms with E-state index >= 15 is 0 Å². The van der Waals surface area contributed by atoms with Gasteiger partial charge in [-0.2, -0.15) is 0 Å². The van der Waals surface area contributed by atoms with Crippen molar-refractivity contribution in [1.82, 2.24) is 5.32 Å². The summed E-state index contributed by atoms with van der Waals surface area (Å²) in [5.41, 5.74) is 1.42. The second-order valence-electron chi connectivity index (χ2n) is 6.71. The van der Waals surface area contributed by atoms with Gasteiger partial charge in [-0.15, -0.1) is 0 Å². The van der Waals surface area contributed by atoms with E-state index in [1.165, 1.54) is 44.1 Å². The summed E-state index contributed by atoms with van der Waals surface area (Å²) >= 11 is 0. The molecule has 2 fully saturated rings. The third-order valence-corrected chi connectivity index (χ3v) is 5.19. The molecular weight excluding hydrogens is 265 g/mol. The summed E-state index contributed by atoms with van der Waals surface area (Å²) in [4.78, 5) is 0. The van der Waals surface area contributed by atoms with Gasteiger partial charge in [-0.1, -0.05) is 25.0 Å². The number of rotatable bonds is 5. The highest BCUT2D eigenvalue weighted by molar-refractivity contribution is 5.21. The van der Waals surface area contributed by atoms with Gasteiger partial charge in [-0.05, 0) is 62.8 Å². The minimum absolute atomic E-state index is 0.163. The standard InChI is InChI=1S/C18H26FNO/c1-20-13-15(14-4-6-16(19)7-5-14)12-17-8-11-18(21-17)9-2-3-10-18/h4-7,15,17,20H,2-3,8-13H2,1H3. The molecule has 1 saturated carbocycles. The second kappa shape index (κ2) is 6.45. The van der Waals surface area contributed by atoms with Crippen molar-refractivity contribution in [2.45, 2.75) is 62.6 Å². The van der Waals surface area contributed by atoms with Crippen LogP contribution in [0.15, 0.2) is 24.3 Å². The molecule has 2 atom stereocenters. The van der Waals surface area contributed by atoms with Crippen LogP contribution in [-0.4, -0.2) is 25.3 Å². The quantitative estimate of drug-likeness (QED) is 0.885. The van der Waals surface area contributed by atoms with Crippen molar-refractivity contribution in [3.05, 3.63) is 35.6 Å². The molecule has 116 valence electrons. The number of nitrogens with one attached hydrogen (secondary N) is 1. The monoisotopic (exact) mass is 291 g/mol. The first kappa shape index (κ1) is 15.0. The molecule has 21 heavy (non-hydrogen) atoms. The maximum absolute atomic E-state index is 13.1. The van der Waals surface area contributed by atoms with Crippen LogP contribution in [0.1, 0.15) is 56.4 Å². The summed E-state index contributed by atoms with van der Waals surface area (Å²) in [5, 5.41) is 3.27. The van der Waals surface area contributed by atoms with Crippen LogP contribution in [0.5, 0.6) is 0 Å². The Morgan fingerprint density at radius 2 is 1.95 bits per heavy atom. The van der Waals surface area contributed by atoms with Crippen LogP contribution in [0.3, 0.4) is 0 Å². The van der Waals surface area contributed by atoms with Crippen molar-refractivity contribution < 1.29 is 9.13 Å². The van der Waals surface area contributed by atoms with Crippen molar-refractivity contribution in [3.8, 4) is 0 Å². The van der Waals surface area contributed by atoms with E-state index in [0.717, 1.165) is 13.0 Å². The Balaban J connectivity index is 1.64. The van der Waals surface area contributed by atoms with Crippen LogP contribution < -0.4 is 5.32 Å². The van der Waals surface area contributed by atoms with Crippen LogP contribution in [0.25, 0.3) is 0 Å². The fraction of sp³-hybridized carbons (Fsp3) is 0.667. The molecule has 3 rings (SSSR count). The summed E-state index contributed by atoms with van der Waals surface area (Å²) < 4.78 is 19.5. The average Bonchev–Trinajstić information content (AvgIpc) is 3.10. The zero-order chi connectivity index (χ0) is 14.7. The molecule has 2 unspecified atom stereocenters. The first-order valence-electron chi connectivity index (χ1n) is 8.29. The van der Waals surface area contributed by atoms with Gasteiger partial charge in [0.15, 0.2) is 0 Å². The van der Waals surface area contributed by atoms with Crippen LogP contribution in [-0.2, 0) is 4.74 Å². The molecule has 0 amide bonds. The topological polar surface area (TPSA) is 21.3 Å². The summed E-state index contributed by atoms with van der Waals surface area (Å²) in [6, 6.07) is 6.95. The number of benzene rings is 1. The fourth-order valence-corrected chi connectivity index (χ4v) is 4.08. The molecule has 0 aromatic heterocycles. The van der Waals surface area contributed by atoms with E-state index < -0.39 is 0 Å². The molecule has 1 aromatic carbocycles. The van der Waals surface area contributed by atoms with Crippen LogP contribution in [0, 0.1) is 5.82 Å². The predicted molar refractivity (Wildman–Crippen MR) is 83.0 cm³/mol. The van der Waals surface area contributed by atoms with Crippen molar-refractivity contribution in [2.24, 2.45) is 0 Å². The molecule has 0 radical (unpaired) electrons. The maximum atomic E-state index is 13.1. The lowest BCUT2D eigenvalue weighted by molar-refractivity contribution is -0.0410. The van der Waals surface area contributed by atoms with E-state index in [0.29, 0.717) is 12.0 Å². The Kier molecular flexibility index (Phi) is 4.60. The van der Waals surface area contributed by atoms with Crippen molar-refractivity contribution in [1.29, 1.82) is 0 Å². The van der Waals surface area contributed by atoms with Gasteiger partial charge in [-0.3, -0.25) is 0 Å². The number of hydrogen-bond acceptors (Lipinski definition) is 2. The average molecular weight is 291 g/mol. The number of ether oxygens (including phenoxy) is 1. The minimum Gasteiger partial charge on any atom is -0.372 e. The Labute approximate surface area is 127 Å². The van der Waals surface area contributed by atoms with Crippen molar-refractivity contribution in [2.75, 3.05) is 13.6 Å². The molecule has 2 nitrogen and oxygen atoms in total. The molecule has 1 heterocycles. The zero-order valence-electron chi connectivity index (χ0n) is 12.9.